The van der Waals surface area contributed by atoms with Crippen molar-refractivity contribution in [2.45, 2.75) is 25.9 Å². The van der Waals surface area contributed by atoms with Gasteiger partial charge in [0.1, 0.15) is 0 Å². The summed E-state index contributed by atoms with van der Waals surface area (Å²) in [5, 5.41) is 0. The minimum absolute atomic E-state index is 0.0493. The van der Waals surface area contributed by atoms with E-state index in [1.54, 1.807) is 11.9 Å². The highest BCUT2D eigenvalue weighted by Crippen LogP contribution is 2.24. The molecular weight excluding hydrogens is 202 g/mol. The number of nitrogens with zero attached hydrogens (tertiary/aromatic N) is 1. The largest absolute Gasteiger partial charge is 0.377 e. The van der Waals surface area contributed by atoms with Crippen LogP contribution in [0.5, 0.6) is 0 Å². The molecule has 0 spiro atoms. The van der Waals surface area contributed by atoms with Crippen LogP contribution in [-0.2, 0) is 9.53 Å². The Morgan fingerprint density at radius 1 is 1.64 bits per heavy atom. The van der Waals surface area contributed by atoms with Gasteiger partial charge in [-0.05, 0) is 12.8 Å². The molecule has 0 saturated carbocycles. The van der Waals surface area contributed by atoms with E-state index in [0.717, 1.165) is 12.8 Å². The molecule has 0 radical (unpaired) electrons. The molecule has 4 heteroatoms. The van der Waals surface area contributed by atoms with E-state index in [9.17, 15) is 4.79 Å². The van der Waals surface area contributed by atoms with Crippen LogP contribution in [0.4, 0.5) is 0 Å². The van der Waals surface area contributed by atoms with Gasteiger partial charge in [0.15, 0.2) is 0 Å². The van der Waals surface area contributed by atoms with Gasteiger partial charge in [-0.15, -0.1) is 11.6 Å². The van der Waals surface area contributed by atoms with E-state index in [0.29, 0.717) is 19.0 Å². The molecule has 1 aliphatic rings. The van der Waals surface area contributed by atoms with Crippen molar-refractivity contribution in [1.29, 1.82) is 0 Å². The molecule has 0 aromatic rings. The fourth-order valence-electron chi connectivity index (χ4n) is 1.85. The molecule has 1 fully saturated rings. The van der Waals surface area contributed by atoms with E-state index in [-0.39, 0.29) is 17.9 Å². The van der Waals surface area contributed by atoms with Gasteiger partial charge in [0.25, 0.3) is 0 Å². The SMILES string of the molecule is CCC1OCCC1C(=O)N(C)CCCl. The number of carbonyl (C=O) groups excluding carboxylic acids is 1. The van der Waals surface area contributed by atoms with Gasteiger partial charge >= 0.3 is 0 Å². The van der Waals surface area contributed by atoms with Crippen molar-refractivity contribution >= 4 is 17.5 Å². The smallest absolute Gasteiger partial charge is 0.228 e. The summed E-state index contributed by atoms with van der Waals surface area (Å²) in [7, 11) is 1.80. The number of carbonyl (C=O) groups is 1. The standard InChI is InChI=1S/C10H18ClNO2/c1-3-9-8(4-7-14-9)10(13)12(2)6-5-11/h8-9H,3-7H2,1-2H3. The molecule has 1 amide bonds. The van der Waals surface area contributed by atoms with Crippen LogP contribution in [0.2, 0.25) is 0 Å². The lowest BCUT2D eigenvalue weighted by Crippen LogP contribution is -2.37. The van der Waals surface area contributed by atoms with Crippen molar-refractivity contribution in [3.63, 3.8) is 0 Å². The Morgan fingerprint density at radius 2 is 2.36 bits per heavy atom. The van der Waals surface area contributed by atoms with Crippen molar-refractivity contribution in [1.82, 2.24) is 4.90 Å². The minimum atomic E-state index is 0.0493. The summed E-state index contributed by atoms with van der Waals surface area (Å²) in [5.41, 5.74) is 0. The predicted octanol–water partition coefficient (Wildman–Crippen LogP) is 1.50. The first-order valence-electron chi connectivity index (χ1n) is 5.13. The average Bonchev–Trinajstić information content (AvgIpc) is 2.64. The fraction of sp³-hybridized carbons (Fsp3) is 0.900. The molecule has 2 atom stereocenters. The van der Waals surface area contributed by atoms with Crippen molar-refractivity contribution in [3.8, 4) is 0 Å². The van der Waals surface area contributed by atoms with Gasteiger partial charge < -0.3 is 9.64 Å². The van der Waals surface area contributed by atoms with Crippen molar-refractivity contribution in [2.24, 2.45) is 5.92 Å². The first-order chi connectivity index (χ1) is 6.70. The second kappa shape index (κ2) is 5.56. The Bertz CT molecular complexity index is 199. The van der Waals surface area contributed by atoms with E-state index in [1.807, 2.05) is 0 Å². The predicted molar refractivity (Wildman–Crippen MR) is 56.5 cm³/mol. The monoisotopic (exact) mass is 219 g/mol. The van der Waals surface area contributed by atoms with Crippen LogP contribution in [0.1, 0.15) is 19.8 Å². The second-order valence-corrected chi connectivity index (χ2v) is 4.04. The number of halogens is 1. The Labute approximate surface area is 90.4 Å². The quantitative estimate of drug-likeness (QED) is 0.671. The number of alkyl halides is 1. The first-order valence-corrected chi connectivity index (χ1v) is 5.66. The number of rotatable bonds is 4. The Kier molecular flexibility index (Phi) is 4.69. The summed E-state index contributed by atoms with van der Waals surface area (Å²) < 4.78 is 5.48. The van der Waals surface area contributed by atoms with Crippen LogP contribution in [0.25, 0.3) is 0 Å². The number of hydrogen-bond acceptors (Lipinski definition) is 2. The Hall–Kier alpha value is -0.280. The summed E-state index contributed by atoms with van der Waals surface area (Å²) in [6, 6.07) is 0. The molecule has 3 nitrogen and oxygen atoms in total. The summed E-state index contributed by atoms with van der Waals surface area (Å²) in [6.07, 6.45) is 1.87. The second-order valence-electron chi connectivity index (χ2n) is 3.66. The van der Waals surface area contributed by atoms with Gasteiger partial charge in [-0.1, -0.05) is 6.92 Å². The van der Waals surface area contributed by atoms with Crippen LogP contribution >= 0.6 is 11.6 Å². The van der Waals surface area contributed by atoms with Crippen molar-refractivity contribution < 1.29 is 9.53 Å². The van der Waals surface area contributed by atoms with Crippen LogP contribution in [0.3, 0.4) is 0 Å². The zero-order chi connectivity index (χ0) is 10.6. The third-order valence-electron chi connectivity index (χ3n) is 2.73. The molecule has 1 heterocycles. The van der Waals surface area contributed by atoms with E-state index in [4.69, 9.17) is 16.3 Å². The van der Waals surface area contributed by atoms with Gasteiger partial charge in [-0.25, -0.2) is 0 Å². The maximum atomic E-state index is 11.9. The highest BCUT2D eigenvalue weighted by atomic mass is 35.5. The summed E-state index contributed by atoms with van der Waals surface area (Å²) in [6.45, 7) is 3.38. The highest BCUT2D eigenvalue weighted by Gasteiger charge is 2.34. The van der Waals surface area contributed by atoms with E-state index in [2.05, 4.69) is 6.92 Å². The molecule has 1 rings (SSSR count). The molecule has 82 valence electrons. The highest BCUT2D eigenvalue weighted by molar-refractivity contribution is 6.18. The van der Waals surface area contributed by atoms with Crippen molar-refractivity contribution in [2.75, 3.05) is 26.1 Å². The summed E-state index contributed by atoms with van der Waals surface area (Å²) >= 11 is 5.59. The molecule has 0 N–H and O–H groups in total. The molecule has 1 aliphatic heterocycles. The topological polar surface area (TPSA) is 29.5 Å². The zero-order valence-corrected chi connectivity index (χ0v) is 9.59. The molecule has 0 aliphatic carbocycles. The fourth-order valence-corrected chi connectivity index (χ4v) is 2.11. The molecule has 0 aromatic heterocycles. The minimum Gasteiger partial charge on any atom is -0.377 e. The van der Waals surface area contributed by atoms with E-state index in [1.165, 1.54) is 0 Å². The van der Waals surface area contributed by atoms with E-state index >= 15 is 0 Å². The summed E-state index contributed by atoms with van der Waals surface area (Å²) in [5.74, 6) is 0.718. The third-order valence-corrected chi connectivity index (χ3v) is 2.89. The van der Waals surface area contributed by atoms with Crippen LogP contribution < -0.4 is 0 Å². The maximum Gasteiger partial charge on any atom is 0.228 e. The van der Waals surface area contributed by atoms with Gasteiger partial charge in [0, 0.05) is 26.1 Å². The lowest BCUT2D eigenvalue weighted by Gasteiger charge is -2.22. The average molecular weight is 220 g/mol. The van der Waals surface area contributed by atoms with Gasteiger partial charge in [-0.3, -0.25) is 4.79 Å². The van der Waals surface area contributed by atoms with Crippen LogP contribution in [-0.4, -0.2) is 43.0 Å². The molecule has 2 unspecified atom stereocenters. The number of amides is 1. The molecular formula is C10H18ClNO2. The normalized spacial score (nSPS) is 26.5. The third kappa shape index (κ3) is 2.61. The molecule has 1 saturated heterocycles. The molecule has 0 bridgehead atoms. The molecule has 14 heavy (non-hydrogen) atoms. The first kappa shape index (κ1) is 11.8. The van der Waals surface area contributed by atoms with E-state index < -0.39 is 0 Å². The molecule has 0 aromatic carbocycles. The lowest BCUT2D eigenvalue weighted by atomic mass is 9.98. The lowest BCUT2D eigenvalue weighted by molar-refractivity contribution is -0.135. The van der Waals surface area contributed by atoms with Gasteiger partial charge in [0.05, 0.1) is 12.0 Å². The van der Waals surface area contributed by atoms with Gasteiger partial charge in [-0.2, -0.15) is 0 Å². The Morgan fingerprint density at radius 3 is 2.93 bits per heavy atom. The maximum absolute atomic E-state index is 11.9. The number of hydrogen-bond donors (Lipinski definition) is 0. The van der Waals surface area contributed by atoms with Gasteiger partial charge in [0.2, 0.25) is 5.91 Å². The number of ether oxygens (including phenoxy) is 1. The van der Waals surface area contributed by atoms with Crippen molar-refractivity contribution in [3.05, 3.63) is 0 Å². The Balaban J connectivity index is 2.50. The van der Waals surface area contributed by atoms with Crippen LogP contribution in [0, 0.1) is 5.92 Å². The van der Waals surface area contributed by atoms with Crippen LogP contribution in [0.15, 0.2) is 0 Å². The summed E-state index contributed by atoms with van der Waals surface area (Å²) in [4.78, 5) is 13.6. The zero-order valence-electron chi connectivity index (χ0n) is 8.83.